The van der Waals surface area contributed by atoms with Crippen LogP contribution in [0.1, 0.15) is 18.9 Å². The first kappa shape index (κ1) is 16.7. The number of hydrogen-bond acceptors (Lipinski definition) is 4. The molecule has 0 unspecified atom stereocenters. The van der Waals surface area contributed by atoms with Gasteiger partial charge in [-0.25, -0.2) is 4.79 Å². The van der Waals surface area contributed by atoms with Gasteiger partial charge in [0.15, 0.2) is 0 Å². The van der Waals surface area contributed by atoms with E-state index in [1.807, 2.05) is 6.92 Å². The summed E-state index contributed by atoms with van der Waals surface area (Å²) in [5, 5.41) is 19.9. The zero-order chi connectivity index (χ0) is 15.7. The quantitative estimate of drug-likeness (QED) is 0.623. The molecule has 0 aliphatic carbocycles. The highest BCUT2D eigenvalue weighted by Crippen LogP contribution is 2.12. The van der Waals surface area contributed by atoms with E-state index in [4.69, 9.17) is 14.9 Å². The lowest BCUT2D eigenvalue weighted by Gasteiger charge is -2.11. The van der Waals surface area contributed by atoms with Crippen molar-refractivity contribution in [1.82, 2.24) is 5.32 Å². The molecule has 0 bridgehead atoms. The summed E-state index contributed by atoms with van der Waals surface area (Å²) >= 11 is 0. The van der Waals surface area contributed by atoms with E-state index in [2.05, 4.69) is 5.32 Å². The number of carboxylic acids is 1. The number of nitrogens with one attached hydrogen (secondary N) is 1. The second-order valence-corrected chi connectivity index (χ2v) is 4.25. The van der Waals surface area contributed by atoms with Gasteiger partial charge >= 0.3 is 5.97 Å². The summed E-state index contributed by atoms with van der Waals surface area (Å²) in [5.41, 5.74) is 0.794. The minimum atomic E-state index is -1.17. The summed E-state index contributed by atoms with van der Waals surface area (Å²) in [5.74, 6) is -0.954. The maximum atomic E-state index is 11.6. The Morgan fingerprint density at radius 1 is 1.33 bits per heavy atom. The van der Waals surface area contributed by atoms with Crippen molar-refractivity contribution in [3.8, 4) is 5.75 Å². The van der Waals surface area contributed by atoms with Crippen LogP contribution >= 0.6 is 0 Å². The molecule has 6 heteroatoms. The summed E-state index contributed by atoms with van der Waals surface area (Å²) in [6.45, 7) is 2.17. The number of aliphatic hydroxyl groups is 1. The van der Waals surface area contributed by atoms with Gasteiger partial charge in [0.05, 0.1) is 6.61 Å². The summed E-state index contributed by atoms with van der Waals surface area (Å²) in [4.78, 5) is 22.4. The van der Waals surface area contributed by atoms with E-state index in [0.717, 1.165) is 11.3 Å². The Morgan fingerprint density at radius 2 is 2.00 bits per heavy atom. The van der Waals surface area contributed by atoms with Crippen molar-refractivity contribution in [2.75, 3.05) is 13.2 Å². The van der Waals surface area contributed by atoms with Crippen LogP contribution in [0.4, 0.5) is 0 Å². The molecule has 1 rings (SSSR count). The molecule has 1 amide bonds. The molecule has 3 N–H and O–H groups in total. The van der Waals surface area contributed by atoms with E-state index in [9.17, 15) is 9.59 Å². The number of amides is 1. The Morgan fingerprint density at radius 3 is 2.52 bits per heavy atom. The van der Waals surface area contributed by atoms with Gasteiger partial charge in [-0.2, -0.15) is 0 Å². The Hall–Kier alpha value is -2.34. The third-order valence-corrected chi connectivity index (χ3v) is 2.65. The summed E-state index contributed by atoms with van der Waals surface area (Å²) < 4.78 is 5.30. The predicted molar refractivity (Wildman–Crippen MR) is 77.9 cm³/mol. The van der Waals surface area contributed by atoms with Crippen LogP contribution < -0.4 is 10.1 Å². The molecule has 0 aromatic heterocycles. The van der Waals surface area contributed by atoms with Crippen molar-refractivity contribution in [3.63, 3.8) is 0 Å². The molecule has 0 saturated heterocycles. The van der Waals surface area contributed by atoms with E-state index < -0.39 is 17.9 Å². The second-order valence-electron chi connectivity index (χ2n) is 4.25. The van der Waals surface area contributed by atoms with Crippen LogP contribution in [0.3, 0.4) is 0 Å². The van der Waals surface area contributed by atoms with Crippen molar-refractivity contribution < 1.29 is 24.5 Å². The molecular weight excluding hydrogens is 274 g/mol. The van der Waals surface area contributed by atoms with E-state index >= 15 is 0 Å². The molecule has 0 fully saturated rings. The molecule has 1 aromatic rings. The molecular formula is C15H19NO5. The fraction of sp³-hybridized carbons (Fsp3) is 0.333. The van der Waals surface area contributed by atoms with E-state index in [-0.39, 0.29) is 13.0 Å². The highest BCUT2D eigenvalue weighted by Gasteiger charge is 2.17. The maximum absolute atomic E-state index is 11.6. The first-order valence-corrected chi connectivity index (χ1v) is 6.62. The smallest absolute Gasteiger partial charge is 0.326 e. The Kier molecular flexibility index (Phi) is 6.97. The lowest BCUT2D eigenvalue weighted by molar-refractivity contribution is -0.141. The van der Waals surface area contributed by atoms with Gasteiger partial charge in [-0.3, -0.25) is 4.79 Å². The number of carbonyl (C=O) groups excluding carboxylic acids is 1. The first-order chi connectivity index (χ1) is 10.1. The van der Waals surface area contributed by atoms with Crippen LogP contribution in [-0.4, -0.2) is 41.3 Å². The zero-order valence-corrected chi connectivity index (χ0v) is 11.8. The lowest BCUT2D eigenvalue weighted by atomic mass is 10.2. The van der Waals surface area contributed by atoms with Gasteiger partial charge in [0.25, 0.3) is 0 Å². The number of carbonyl (C=O) groups is 2. The Balaban J connectivity index is 2.58. The van der Waals surface area contributed by atoms with Crippen LogP contribution in [0.25, 0.3) is 6.08 Å². The topological polar surface area (TPSA) is 95.9 Å². The van der Waals surface area contributed by atoms with Crippen molar-refractivity contribution in [2.45, 2.75) is 19.4 Å². The number of ether oxygens (including phenoxy) is 1. The molecule has 1 aromatic carbocycles. The van der Waals surface area contributed by atoms with Gasteiger partial charge in [0, 0.05) is 19.1 Å². The fourth-order valence-electron chi connectivity index (χ4n) is 1.62. The van der Waals surface area contributed by atoms with Crippen LogP contribution in [0, 0.1) is 0 Å². The number of aliphatic hydroxyl groups excluding tert-OH is 1. The second kappa shape index (κ2) is 8.76. The molecule has 114 valence electrons. The minimum Gasteiger partial charge on any atom is -0.494 e. The summed E-state index contributed by atoms with van der Waals surface area (Å²) in [6, 6.07) is 6.06. The monoisotopic (exact) mass is 293 g/mol. The third kappa shape index (κ3) is 6.09. The largest absolute Gasteiger partial charge is 0.494 e. The number of benzene rings is 1. The molecule has 1 atom stereocenters. The summed E-state index contributed by atoms with van der Waals surface area (Å²) in [6.07, 6.45) is 2.80. The highest BCUT2D eigenvalue weighted by atomic mass is 16.5. The minimum absolute atomic E-state index is 0.0298. The number of aliphatic carboxylic acids is 1. The Labute approximate surface area is 123 Å². The Bertz CT molecular complexity index is 495. The van der Waals surface area contributed by atoms with Gasteiger partial charge in [0.2, 0.25) is 5.91 Å². The molecule has 0 spiro atoms. The molecule has 21 heavy (non-hydrogen) atoms. The van der Waals surface area contributed by atoms with Gasteiger partial charge in [-0.15, -0.1) is 0 Å². The lowest BCUT2D eigenvalue weighted by Crippen LogP contribution is -2.40. The number of carboxylic acid groups (broad SMARTS) is 1. The highest BCUT2D eigenvalue weighted by molar-refractivity contribution is 5.94. The van der Waals surface area contributed by atoms with Crippen LogP contribution in [-0.2, 0) is 9.59 Å². The molecule has 0 saturated carbocycles. The van der Waals surface area contributed by atoms with Gasteiger partial charge < -0.3 is 20.3 Å². The molecule has 0 heterocycles. The van der Waals surface area contributed by atoms with Gasteiger partial charge in [-0.05, 0) is 30.7 Å². The van der Waals surface area contributed by atoms with Gasteiger partial charge in [-0.1, -0.05) is 12.1 Å². The number of rotatable bonds is 8. The van der Waals surface area contributed by atoms with Crippen LogP contribution in [0.5, 0.6) is 5.75 Å². The average molecular weight is 293 g/mol. The van der Waals surface area contributed by atoms with Crippen molar-refractivity contribution in [3.05, 3.63) is 35.9 Å². The SMILES string of the molecule is CCOc1ccc(/C=C/C(=O)N[C@H](CCO)C(=O)O)cc1. The van der Waals surface area contributed by atoms with Crippen molar-refractivity contribution in [1.29, 1.82) is 0 Å². The standard InChI is InChI=1S/C15H19NO5/c1-2-21-12-6-3-11(4-7-12)5-8-14(18)16-13(9-10-17)15(19)20/h3-8,13,17H,2,9-10H2,1H3,(H,16,18)(H,19,20)/b8-5+/t13-/m1/s1. The molecule has 0 radical (unpaired) electrons. The van der Waals surface area contributed by atoms with Crippen LogP contribution in [0.2, 0.25) is 0 Å². The van der Waals surface area contributed by atoms with E-state index in [1.165, 1.54) is 6.08 Å². The van der Waals surface area contributed by atoms with E-state index in [0.29, 0.717) is 6.61 Å². The molecule has 6 nitrogen and oxygen atoms in total. The molecule has 0 aliphatic rings. The third-order valence-electron chi connectivity index (χ3n) is 2.65. The molecule has 0 aliphatic heterocycles. The zero-order valence-electron chi connectivity index (χ0n) is 11.8. The van der Waals surface area contributed by atoms with Gasteiger partial charge in [0.1, 0.15) is 11.8 Å². The normalized spacial score (nSPS) is 12.1. The summed E-state index contributed by atoms with van der Waals surface area (Å²) in [7, 11) is 0. The predicted octanol–water partition coefficient (Wildman–Crippen LogP) is 1.05. The van der Waals surface area contributed by atoms with Crippen molar-refractivity contribution >= 4 is 18.0 Å². The average Bonchev–Trinajstić information content (AvgIpc) is 2.46. The van der Waals surface area contributed by atoms with Crippen molar-refractivity contribution in [2.24, 2.45) is 0 Å². The fourth-order valence-corrected chi connectivity index (χ4v) is 1.62. The number of hydrogen-bond donors (Lipinski definition) is 3. The first-order valence-electron chi connectivity index (χ1n) is 6.62. The maximum Gasteiger partial charge on any atom is 0.326 e. The van der Waals surface area contributed by atoms with Crippen LogP contribution in [0.15, 0.2) is 30.3 Å². The van der Waals surface area contributed by atoms with E-state index in [1.54, 1.807) is 30.3 Å².